The fraction of sp³-hybridized carbons (Fsp3) is 0.357. The number of aliphatic hydroxyl groups excluding tert-OH is 1. The van der Waals surface area contributed by atoms with Crippen molar-refractivity contribution in [3.05, 3.63) is 66.7 Å². The number of benzene rings is 2. The van der Waals surface area contributed by atoms with Gasteiger partial charge in [0.25, 0.3) is 0 Å². The predicted octanol–water partition coefficient (Wildman–Crippen LogP) is 1.96. The number of phenols is 1. The maximum absolute atomic E-state index is 13.7. The Hall–Kier alpha value is -4.09. The number of nitrogens with one attached hydrogen (secondary N) is 1. The van der Waals surface area contributed by atoms with E-state index in [4.69, 9.17) is 0 Å². The summed E-state index contributed by atoms with van der Waals surface area (Å²) in [5.41, 5.74) is 1.12. The van der Waals surface area contributed by atoms with Crippen LogP contribution in [0.2, 0.25) is 0 Å². The van der Waals surface area contributed by atoms with Crippen LogP contribution in [0.3, 0.4) is 0 Å². The van der Waals surface area contributed by atoms with Gasteiger partial charge < -0.3 is 25.3 Å². The molecule has 5 rings (SSSR count). The third kappa shape index (κ3) is 5.84. The average molecular weight is 535 g/mol. The third-order valence-corrected chi connectivity index (χ3v) is 7.47. The molecular weight excluding hydrogens is 503 g/mol. The predicted molar refractivity (Wildman–Crippen MR) is 144 cm³/mol. The molecule has 2 amide bonds. The van der Waals surface area contributed by atoms with Gasteiger partial charge in [-0.1, -0.05) is 0 Å². The number of amides is 2. The molecule has 0 spiro atoms. The highest BCUT2D eigenvalue weighted by Crippen LogP contribution is 2.32. The molecule has 0 aliphatic carbocycles. The van der Waals surface area contributed by atoms with E-state index in [0.717, 1.165) is 23.4 Å². The van der Waals surface area contributed by atoms with Crippen molar-refractivity contribution >= 4 is 23.2 Å². The van der Waals surface area contributed by atoms with Gasteiger partial charge in [-0.2, -0.15) is 0 Å². The lowest BCUT2D eigenvalue weighted by Gasteiger charge is -2.37. The van der Waals surface area contributed by atoms with E-state index in [1.54, 1.807) is 18.5 Å². The first-order valence-electron chi connectivity index (χ1n) is 12.9. The van der Waals surface area contributed by atoms with Crippen molar-refractivity contribution in [2.24, 2.45) is 5.41 Å². The highest BCUT2D eigenvalue weighted by Gasteiger charge is 2.45. The van der Waals surface area contributed by atoms with Gasteiger partial charge in [0, 0.05) is 68.1 Å². The number of hydrogen-bond acceptors (Lipinski definition) is 8. The smallest absolute Gasteiger partial charge is 0.236 e. The number of rotatable bonds is 7. The van der Waals surface area contributed by atoms with Crippen molar-refractivity contribution in [2.45, 2.75) is 6.42 Å². The monoisotopic (exact) mass is 534 g/mol. The molecule has 1 aromatic heterocycles. The molecule has 11 heteroatoms. The SMILES string of the molecule is O=C(CN1CCC(CO)(C(=O)Nc2ccc(O)c(F)c2)C1)N1CCN(c2ccc(-c3ncccn3)cc2)CC1. The van der Waals surface area contributed by atoms with Crippen LogP contribution < -0.4 is 10.2 Å². The minimum absolute atomic E-state index is 0.0130. The fourth-order valence-corrected chi connectivity index (χ4v) is 5.10. The second kappa shape index (κ2) is 11.3. The Kier molecular flexibility index (Phi) is 7.71. The lowest BCUT2D eigenvalue weighted by Crippen LogP contribution is -2.51. The number of aliphatic hydroxyl groups is 1. The highest BCUT2D eigenvalue weighted by molar-refractivity contribution is 5.96. The summed E-state index contributed by atoms with van der Waals surface area (Å²) in [6, 6.07) is 13.4. The van der Waals surface area contributed by atoms with E-state index in [9.17, 15) is 24.2 Å². The number of carbonyl (C=O) groups excluding carboxylic acids is 2. The van der Waals surface area contributed by atoms with Crippen LogP contribution in [-0.4, -0.2) is 94.2 Å². The molecule has 2 fully saturated rings. The molecule has 3 heterocycles. The largest absolute Gasteiger partial charge is 0.505 e. The number of phenolic OH excluding ortho intramolecular Hbond substituents is 1. The van der Waals surface area contributed by atoms with Gasteiger partial charge in [0.05, 0.1) is 18.6 Å². The quantitative estimate of drug-likeness (QED) is 0.394. The van der Waals surface area contributed by atoms with Crippen molar-refractivity contribution in [1.29, 1.82) is 0 Å². The van der Waals surface area contributed by atoms with Crippen LogP contribution in [-0.2, 0) is 9.59 Å². The molecule has 0 bridgehead atoms. The Morgan fingerprint density at radius 2 is 1.72 bits per heavy atom. The molecule has 0 saturated carbocycles. The van der Waals surface area contributed by atoms with Gasteiger partial charge in [0.2, 0.25) is 11.8 Å². The molecule has 1 atom stereocenters. The van der Waals surface area contributed by atoms with Crippen LogP contribution >= 0.6 is 0 Å². The molecule has 10 nitrogen and oxygen atoms in total. The number of carbonyl (C=O) groups is 2. The number of anilines is 2. The second-order valence-electron chi connectivity index (χ2n) is 10.0. The Balaban J connectivity index is 1.12. The maximum atomic E-state index is 13.7. The summed E-state index contributed by atoms with van der Waals surface area (Å²) in [7, 11) is 0. The molecule has 39 heavy (non-hydrogen) atoms. The Morgan fingerprint density at radius 1 is 1.00 bits per heavy atom. The second-order valence-corrected chi connectivity index (χ2v) is 10.0. The Morgan fingerprint density at radius 3 is 2.38 bits per heavy atom. The van der Waals surface area contributed by atoms with E-state index in [0.29, 0.717) is 45.0 Å². The summed E-state index contributed by atoms with van der Waals surface area (Å²) < 4.78 is 13.7. The molecule has 3 aromatic rings. The van der Waals surface area contributed by atoms with Crippen LogP contribution in [0.5, 0.6) is 5.75 Å². The first-order chi connectivity index (χ1) is 18.9. The zero-order valence-electron chi connectivity index (χ0n) is 21.5. The van der Waals surface area contributed by atoms with E-state index >= 15 is 0 Å². The Labute approximate surface area is 225 Å². The van der Waals surface area contributed by atoms with Crippen molar-refractivity contribution in [3.63, 3.8) is 0 Å². The standard InChI is InChI=1S/C28H31FN6O4/c29-23-16-21(4-7-24(23)37)32-27(39)28(19-36)8-11-33(18-28)17-25(38)35-14-12-34(13-15-35)22-5-2-20(3-6-22)26-30-9-1-10-31-26/h1-7,9-10,16,36-37H,8,11-15,17-19H2,(H,32,39). The first kappa shape index (κ1) is 26.5. The summed E-state index contributed by atoms with van der Waals surface area (Å²) in [5.74, 6) is -1.13. The van der Waals surface area contributed by atoms with Crippen molar-refractivity contribution in [2.75, 3.05) is 62.6 Å². The number of likely N-dealkylation sites (tertiary alicyclic amines) is 1. The first-order valence-corrected chi connectivity index (χ1v) is 12.9. The van der Waals surface area contributed by atoms with Crippen LogP contribution in [0.15, 0.2) is 60.9 Å². The minimum Gasteiger partial charge on any atom is -0.505 e. The van der Waals surface area contributed by atoms with Crippen molar-refractivity contribution in [1.82, 2.24) is 19.8 Å². The molecule has 2 aliphatic heterocycles. The molecule has 2 aromatic carbocycles. The number of aromatic hydroxyl groups is 1. The van der Waals surface area contributed by atoms with Gasteiger partial charge in [-0.25, -0.2) is 14.4 Å². The fourth-order valence-electron chi connectivity index (χ4n) is 5.10. The summed E-state index contributed by atoms with van der Waals surface area (Å²) in [4.78, 5) is 40.5. The lowest BCUT2D eigenvalue weighted by molar-refractivity contribution is -0.133. The average Bonchev–Trinajstić information content (AvgIpc) is 3.40. The van der Waals surface area contributed by atoms with Crippen LogP contribution in [0.1, 0.15) is 6.42 Å². The summed E-state index contributed by atoms with van der Waals surface area (Å²) >= 11 is 0. The summed E-state index contributed by atoms with van der Waals surface area (Å²) in [5, 5.41) is 22.1. The van der Waals surface area contributed by atoms with Crippen molar-refractivity contribution < 1.29 is 24.2 Å². The molecule has 2 aliphatic rings. The number of halogens is 1. The van der Waals surface area contributed by atoms with Gasteiger partial charge in [-0.15, -0.1) is 0 Å². The third-order valence-electron chi connectivity index (χ3n) is 7.47. The van der Waals surface area contributed by atoms with Crippen LogP contribution in [0, 0.1) is 11.2 Å². The highest BCUT2D eigenvalue weighted by atomic mass is 19.1. The maximum Gasteiger partial charge on any atom is 0.236 e. The molecule has 2 saturated heterocycles. The lowest BCUT2D eigenvalue weighted by atomic mass is 9.87. The molecular formula is C28H31FN6O4. The van der Waals surface area contributed by atoms with Gasteiger partial charge >= 0.3 is 0 Å². The summed E-state index contributed by atoms with van der Waals surface area (Å²) in [6.07, 6.45) is 3.81. The Bertz CT molecular complexity index is 1320. The normalized spacial score (nSPS) is 19.7. The number of piperazine rings is 1. The number of nitrogens with zero attached hydrogens (tertiary/aromatic N) is 5. The zero-order valence-corrected chi connectivity index (χ0v) is 21.5. The molecule has 3 N–H and O–H groups in total. The van der Waals surface area contributed by atoms with Gasteiger partial charge in [-0.05, 0) is 55.4 Å². The van der Waals surface area contributed by atoms with Crippen LogP contribution in [0.25, 0.3) is 11.4 Å². The van der Waals surface area contributed by atoms with Gasteiger partial charge in [0.1, 0.15) is 0 Å². The van der Waals surface area contributed by atoms with E-state index in [1.807, 2.05) is 34.1 Å². The zero-order chi connectivity index (χ0) is 27.4. The topological polar surface area (TPSA) is 122 Å². The molecule has 204 valence electrons. The number of hydrogen-bond donors (Lipinski definition) is 3. The van der Waals surface area contributed by atoms with E-state index in [-0.39, 0.29) is 24.7 Å². The van der Waals surface area contributed by atoms with Crippen molar-refractivity contribution in [3.8, 4) is 17.1 Å². The van der Waals surface area contributed by atoms with Crippen LogP contribution in [0.4, 0.5) is 15.8 Å². The van der Waals surface area contributed by atoms with Gasteiger partial charge in [-0.3, -0.25) is 14.5 Å². The van der Waals surface area contributed by atoms with Gasteiger partial charge in [0.15, 0.2) is 17.4 Å². The van der Waals surface area contributed by atoms with E-state index < -0.39 is 29.5 Å². The summed E-state index contributed by atoms with van der Waals surface area (Å²) in [6.45, 7) is 3.08. The minimum atomic E-state index is -1.09. The molecule has 0 radical (unpaired) electrons. The number of aromatic nitrogens is 2. The van der Waals surface area contributed by atoms with E-state index in [1.165, 1.54) is 6.07 Å². The molecule has 1 unspecified atom stereocenters. The van der Waals surface area contributed by atoms with E-state index in [2.05, 4.69) is 20.2 Å².